The third-order valence-electron chi connectivity index (χ3n) is 4.47. The van der Waals surface area contributed by atoms with Gasteiger partial charge in [0.05, 0.1) is 18.4 Å². The molecule has 22 heavy (non-hydrogen) atoms. The van der Waals surface area contributed by atoms with Crippen LogP contribution < -0.4 is 4.74 Å². The average molecular weight is 316 g/mol. The lowest BCUT2D eigenvalue weighted by molar-refractivity contribution is 0.00940. The normalized spacial score (nSPS) is 28.5. The summed E-state index contributed by atoms with van der Waals surface area (Å²) >= 11 is 1.83. The molecule has 4 nitrogen and oxygen atoms in total. The Bertz CT molecular complexity index is 604. The largest absolute Gasteiger partial charge is 0.486 e. The van der Waals surface area contributed by atoms with Crippen LogP contribution in [0.4, 0.5) is 0 Å². The number of aromatic nitrogens is 1. The van der Waals surface area contributed by atoms with E-state index in [2.05, 4.69) is 27.4 Å². The molecule has 0 bridgehead atoms. The van der Waals surface area contributed by atoms with E-state index in [1.165, 1.54) is 4.88 Å². The first kappa shape index (κ1) is 14.2. The smallest absolute Gasteiger partial charge is 0.138 e. The predicted molar refractivity (Wildman–Crippen MR) is 86.2 cm³/mol. The number of likely N-dealkylation sites (tertiary alicyclic amines) is 1. The Kier molecular flexibility index (Phi) is 3.86. The summed E-state index contributed by atoms with van der Waals surface area (Å²) in [5, 5.41) is 2.14. The van der Waals surface area contributed by atoms with E-state index in [0.29, 0.717) is 6.61 Å². The Morgan fingerprint density at radius 3 is 3.23 bits per heavy atom. The van der Waals surface area contributed by atoms with Crippen molar-refractivity contribution in [3.63, 3.8) is 0 Å². The summed E-state index contributed by atoms with van der Waals surface area (Å²) in [5.41, 5.74) is -0.00979. The van der Waals surface area contributed by atoms with Crippen LogP contribution in [-0.2, 0) is 11.3 Å². The van der Waals surface area contributed by atoms with Crippen molar-refractivity contribution in [3.05, 3.63) is 46.9 Å². The van der Waals surface area contributed by atoms with E-state index in [1.54, 1.807) is 12.4 Å². The molecule has 2 saturated heterocycles. The molecule has 0 radical (unpaired) electrons. The first-order chi connectivity index (χ1) is 10.8. The van der Waals surface area contributed by atoms with Crippen molar-refractivity contribution >= 4 is 11.3 Å². The van der Waals surface area contributed by atoms with Gasteiger partial charge in [-0.3, -0.25) is 9.88 Å². The van der Waals surface area contributed by atoms with Crippen molar-refractivity contribution in [2.24, 2.45) is 0 Å². The molecule has 2 aromatic rings. The molecule has 2 aromatic heterocycles. The minimum Gasteiger partial charge on any atom is -0.486 e. The third-order valence-corrected chi connectivity index (χ3v) is 5.33. The molecule has 2 atom stereocenters. The predicted octanol–water partition coefficient (Wildman–Crippen LogP) is 2.96. The standard InChI is InChI=1S/C17H20N2O2S/c1-3-14(10-18-6-1)21-15-9-17(20-12-15)5-7-19(13-17)11-16-4-2-8-22-16/h1-4,6,8,10,15H,5,7,9,11-13H2/t15-,17-/m0/s1. The van der Waals surface area contributed by atoms with Crippen LogP contribution >= 0.6 is 11.3 Å². The second-order valence-electron chi connectivity index (χ2n) is 6.17. The average Bonchev–Trinajstić information content (AvgIpc) is 3.25. The van der Waals surface area contributed by atoms with Crippen molar-refractivity contribution in [1.82, 2.24) is 9.88 Å². The van der Waals surface area contributed by atoms with E-state index >= 15 is 0 Å². The second kappa shape index (κ2) is 5.99. The summed E-state index contributed by atoms with van der Waals surface area (Å²) in [4.78, 5) is 8.02. The van der Waals surface area contributed by atoms with Gasteiger partial charge in [0, 0.05) is 37.1 Å². The quantitative estimate of drug-likeness (QED) is 0.868. The molecule has 0 amide bonds. The summed E-state index contributed by atoms with van der Waals surface area (Å²) in [7, 11) is 0. The molecule has 0 aliphatic carbocycles. The summed E-state index contributed by atoms with van der Waals surface area (Å²) in [5.74, 6) is 0.835. The Morgan fingerprint density at radius 1 is 1.41 bits per heavy atom. The van der Waals surface area contributed by atoms with Crippen molar-refractivity contribution < 1.29 is 9.47 Å². The highest BCUT2D eigenvalue weighted by Crippen LogP contribution is 2.37. The van der Waals surface area contributed by atoms with Gasteiger partial charge in [-0.15, -0.1) is 11.3 Å². The lowest BCUT2D eigenvalue weighted by Gasteiger charge is -2.23. The number of nitrogens with zero attached hydrogens (tertiary/aromatic N) is 2. The molecule has 4 heterocycles. The van der Waals surface area contributed by atoms with Crippen LogP contribution in [0.15, 0.2) is 42.0 Å². The van der Waals surface area contributed by atoms with Crippen molar-refractivity contribution in [2.75, 3.05) is 19.7 Å². The van der Waals surface area contributed by atoms with E-state index in [0.717, 1.165) is 38.2 Å². The van der Waals surface area contributed by atoms with Crippen molar-refractivity contribution in [2.45, 2.75) is 31.1 Å². The van der Waals surface area contributed by atoms with Crippen LogP contribution in [0.1, 0.15) is 17.7 Å². The van der Waals surface area contributed by atoms with Gasteiger partial charge in [0.25, 0.3) is 0 Å². The summed E-state index contributed by atoms with van der Waals surface area (Å²) in [6, 6.07) is 8.18. The molecule has 116 valence electrons. The molecular formula is C17H20N2O2S. The van der Waals surface area contributed by atoms with Gasteiger partial charge in [-0.1, -0.05) is 6.07 Å². The third kappa shape index (κ3) is 3.02. The highest BCUT2D eigenvalue weighted by molar-refractivity contribution is 7.09. The fraction of sp³-hybridized carbons (Fsp3) is 0.471. The fourth-order valence-electron chi connectivity index (χ4n) is 3.46. The van der Waals surface area contributed by atoms with Crippen LogP contribution in [0, 0.1) is 0 Å². The lowest BCUT2D eigenvalue weighted by atomic mass is 9.98. The van der Waals surface area contributed by atoms with Gasteiger partial charge in [0.1, 0.15) is 11.9 Å². The minimum atomic E-state index is -0.00979. The van der Waals surface area contributed by atoms with Crippen LogP contribution in [0.3, 0.4) is 0 Å². The number of pyridine rings is 1. The molecule has 2 aliphatic rings. The maximum absolute atomic E-state index is 6.15. The zero-order chi connectivity index (χ0) is 14.8. The molecule has 5 heteroatoms. The first-order valence-corrected chi connectivity index (χ1v) is 8.65. The molecule has 0 unspecified atom stereocenters. The molecule has 4 rings (SSSR count). The molecule has 0 aromatic carbocycles. The van der Waals surface area contributed by atoms with Crippen molar-refractivity contribution in [3.8, 4) is 5.75 Å². The van der Waals surface area contributed by atoms with Gasteiger partial charge in [-0.25, -0.2) is 0 Å². The molecule has 2 aliphatic heterocycles. The summed E-state index contributed by atoms with van der Waals surface area (Å²) < 4.78 is 12.2. The van der Waals surface area contributed by atoms with Crippen LogP contribution in [0.2, 0.25) is 0 Å². The van der Waals surface area contributed by atoms with E-state index in [9.17, 15) is 0 Å². The zero-order valence-corrected chi connectivity index (χ0v) is 13.3. The lowest BCUT2D eigenvalue weighted by Crippen LogP contribution is -2.33. The van der Waals surface area contributed by atoms with Crippen LogP contribution in [0.25, 0.3) is 0 Å². The topological polar surface area (TPSA) is 34.6 Å². The fourth-order valence-corrected chi connectivity index (χ4v) is 4.20. The molecule has 0 N–H and O–H groups in total. The maximum Gasteiger partial charge on any atom is 0.138 e. The summed E-state index contributed by atoms with van der Waals surface area (Å²) in [6.07, 6.45) is 5.75. The van der Waals surface area contributed by atoms with E-state index < -0.39 is 0 Å². The van der Waals surface area contributed by atoms with E-state index in [1.807, 2.05) is 23.5 Å². The molecule has 0 saturated carbocycles. The Labute approximate surface area is 134 Å². The van der Waals surface area contributed by atoms with Gasteiger partial charge >= 0.3 is 0 Å². The summed E-state index contributed by atoms with van der Waals surface area (Å²) in [6.45, 7) is 3.84. The monoisotopic (exact) mass is 316 g/mol. The van der Waals surface area contributed by atoms with Gasteiger partial charge in [-0.2, -0.15) is 0 Å². The Balaban J connectivity index is 1.34. The van der Waals surface area contributed by atoms with Crippen molar-refractivity contribution in [1.29, 1.82) is 0 Å². The first-order valence-electron chi connectivity index (χ1n) is 7.77. The van der Waals surface area contributed by atoms with E-state index in [4.69, 9.17) is 9.47 Å². The SMILES string of the molecule is c1cncc(O[C@@H]2CO[C@@]3(CCN(Cc4cccs4)C3)C2)c1. The van der Waals surface area contributed by atoms with Gasteiger partial charge in [0.15, 0.2) is 0 Å². The number of hydrogen-bond acceptors (Lipinski definition) is 5. The van der Waals surface area contributed by atoms with Crippen LogP contribution in [-0.4, -0.2) is 41.3 Å². The highest BCUT2D eigenvalue weighted by atomic mass is 32.1. The van der Waals surface area contributed by atoms with Gasteiger partial charge in [0.2, 0.25) is 0 Å². The minimum absolute atomic E-state index is 0.00979. The number of rotatable bonds is 4. The van der Waals surface area contributed by atoms with Crippen LogP contribution in [0.5, 0.6) is 5.75 Å². The highest BCUT2D eigenvalue weighted by Gasteiger charge is 2.46. The molecule has 2 fully saturated rings. The Morgan fingerprint density at radius 2 is 2.41 bits per heavy atom. The van der Waals surface area contributed by atoms with Gasteiger partial charge < -0.3 is 9.47 Å². The van der Waals surface area contributed by atoms with Gasteiger partial charge in [-0.05, 0) is 30.0 Å². The van der Waals surface area contributed by atoms with E-state index in [-0.39, 0.29) is 11.7 Å². The molecular weight excluding hydrogens is 296 g/mol. The number of thiophene rings is 1. The number of ether oxygens (including phenoxy) is 2. The second-order valence-corrected chi connectivity index (χ2v) is 7.20. The number of hydrogen-bond donors (Lipinski definition) is 0. The molecule has 1 spiro atoms. The Hall–Kier alpha value is -1.43. The maximum atomic E-state index is 6.15. The zero-order valence-electron chi connectivity index (χ0n) is 12.5.